The first-order chi connectivity index (χ1) is 6.68. The molecular formula is C10H6ClNO2. The van der Waals surface area contributed by atoms with E-state index in [1.54, 1.807) is 18.3 Å². The number of hydrogen-bond donors (Lipinski definition) is 1. The summed E-state index contributed by atoms with van der Waals surface area (Å²) >= 11 is 5.38. The van der Waals surface area contributed by atoms with Crippen LogP contribution in [0.2, 0.25) is 0 Å². The Morgan fingerprint density at radius 1 is 1.43 bits per heavy atom. The number of carbonyl (C=O) groups is 1. The van der Waals surface area contributed by atoms with Crippen LogP contribution < -0.4 is 0 Å². The van der Waals surface area contributed by atoms with E-state index in [1.165, 1.54) is 12.1 Å². The molecule has 1 N–H and O–H groups in total. The van der Waals surface area contributed by atoms with Crippen molar-refractivity contribution in [3.05, 3.63) is 36.0 Å². The van der Waals surface area contributed by atoms with Gasteiger partial charge in [-0.25, -0.2) is 0 Å². The minimum Gasteiger partial charge on any atom is -0.508 e. The second kappa shape index (κ2) is 3.27. The van der Waals surface area contributed by atoms with Gasteiger partial charge in [-0.2, -0.15) is 0 Å². The van der Waals surface area contributed by atoms with Crippen molar-refractivity contribution in [2.24, 2.45) is 0 Å². The molecule has 0 bridgehead atoms. The van der Waals surface area contributed by atoms with Gasteiger partial charge in [-0.15, -0.1) is 0 Å². The molecule has 0 amide bonds. The summed E-state index contributed by atoms with van der Waals surface area (Å²) in [6.45, 7) is 0. The minimum absolute atomic E-state index is 0.0137. The molecule has 2 rings (SSSR count). The van der Waals surface area contributed by atoms with Gasteiger partial charge in [-0.3, -0.25) is 9.78 Å². The monoisotopic (exact) mass is 207 g/mol. The zero-order valence-corrected chi connectivity index (χ0v) is 7.82. The van der Waals surface area contributed by atoms with Crippen molar-refractivity contribution in [1.29, 1.82) is 0 Å². The molecule has 0 atom stereocenters. The van der Waals surface area contributed by atoms with Gasteiger partial charge in [0.25, 0.3) is 5.24 Å². The van der Waals surface area contributed by atoms with Crippen molar-refractivity contribution in [2.45, 2.75) is 0 Å². The van der Waals surface area contributed by atoms with Crippen LogP contribution in [-0.2, 0) is 0 Å². The smallest absolute Gasteiger partial charge is 0.253 e. The van der Waals surface area contributed by atoms with E-state index in [1.807, 2.05) is 0 Å². The van der Waals surface area contributed by atoms with E-state index in [2.05, 4.69) is 4.98 Å². The molecule has 0 radical (unpaired) electrons. The quantitative estimate of drug-likeness (QED) is 0.731. The molecule has 0 fully saturated rings. The van der Waals surface area contributed by atoms with Crippen molar-refractivity contribution < 1.29 is 9.90 Å². The maximum absolute atomic E-state index is 11.0. The lowest BCUT2D eigenvalue weighted by atomic mass is 10.1. The molecule has 0 saturated heterocycles. The largest absolute Gasteiger partial charge is 0.508 e. The fourth-order valence-electron chi connectivity index (χ4n) is 1.33. The minimum atomic E-state index is -0.598. The Morgan fingerprint density at radius 3 is 2.93 bits per heavy atom. The predicted molar refractivity (Wildman–Crippen MR) is 53.6 cm³/mol. The van der Waals surface area contributed by atoms with Crippen LogP contribution in [0.1, 0.15) is 10.4 Å². The maximum Gasteiger partial charge on any atom is 0.253 e. The van der Waals surface area contributed by atoms with E-state index < -0.39 is 5.24 Å². The van der Waals surface area contributed by atoms with Crippen LogP contribution in [0.4, 0.5) is 0 Å². The van der Waals surface area contributed by atoms with Crippen LogP contribution in [-0.4, -0.2) is 15.3 Å². The van der Waals surface area contributed by atoms with Gasteiger partial charge < -0.3 is 5.11 Å². The SMILES string of the molecule is O=C(Cl)c1cc(O)cc2ncccc12. The molecule has 14 heavy (non-hydrogen) atoms. The maximum atomic E-state index is 11.0. The molecule has 1 aromatic heterocycles. The van der Waals surface area contributed by atoms with Crippen molar-refractivity contribution in [3.8, 4) is 5.75 Å². The summed E-state index contributed by atoms with van der Waals surface area (Å²) < 4.78 is 0. The molecule has 0 spiro atoms. The lowest BCUT2D eigenvalue weighted by Gasteiger charge is -2.02. The van der Waals surface area contributed by atoms with Crippen LogP contribution in [0, 0.1) is 0 Å². The fraction of sp³-hybridized carbons (Fsp3) is 0. The highest BCUT2D eigenvalue weighted by molar-refractivity contribution is 6.68. The third-order valence-corrected chi connectivity index (χ3v) is 2.12. The van der Waals surface area contributed by atoms with E-state index >= 15 is 0 Å². The summed E-state index contributed by atoms with van der Waals surface area (Å²) in [5.74, 6) is -0.0137. The van der Waals surface area contributed by atoms with Crippen LogP contribution in [0.3, 0.4) is 0 Å². The number of phenols is 1. The molecule has 4 heteroatoms. The lowest BCUT2D eigenvalue weighted by Crippen LogP contribution is -1.91. The van der Waals surface area contributed by atoms with Crippen molar-refractivity contribution in [1.82, 2.24) is 4.98 Å². The third kappa shape index (κ3) is 1.42. The van der Waals surface area contributed by atoms with E-state index in [-0.39, 0.29) is 11.3 Å². The van der Waals surface area contributed by atoms with E-state index in [0.717, 1.165) is 0 Å². The van der Waals surface area contributed by atoms with Gasteiger partial charge in [0.1, 0.15) is 5.75 Å². The predicted octanol–water partition coefficient (Wildman–Crippen LogP) is 2.32. The highest BCUT2D eigenvalue weighted by Crippen LogP contribution is 2.24. The number of hydrogen-bond acceptors (Lipinski definition) is 3. The first-order valence-electron chi connectivity index (χ1n) is 3.96. The summed E-state index contributed by atoms with van der Waals surface area (Å²) in [7, 11) is 0. The zero-order chi connectivity index (χ0) is 10.1. The Hall–Kier alpha value is -1.61. The fourth-order valence-corrected chi connectivity index (χ4v) is 1.49. The van der Waals surface area contributed by atoms with E-state index in [0.29, 0.717) is 10.9 Å². The molecule has 1 heterocycles. The Labute approximate surface area is 85.0 Å². The van der Waals surface area contributed by atoms with Crippen molar-refractivity contribution in [3.63, 3.8) is 0 Å². The van der Waals surface area contributed by atoms with Gasteiger partial charge in [0.2, 0.25) is 0 Å². The Balaban J connectivity index is 2.87. The number of fused-ring (bicyclic) bond motifs is 1. The van der Waals surface area contributed by atoms with Crippen molar-refractivity contribution in [2.75, 3.05) is 0 Å². The average molecular weight is 208 g/mol. The number of aromatic nitrogens is 1. The summed E-state index contributed by atoms with van der Waals surface area (Å²) in [5.41, 5.74) is 0.825. The van der Waals surface area contributed by atoms with Gasteiger partial charge in [0.15, 0.2) is 0 Å². The number of carbonyl (C=O) groups excluding carboxylic acids is 1. The second-order valence-electron chi connectivity index (χ2n) is 2.84. The first-order valence-corrected chi connectivity index (χ1v) is 4.34. The standard InChI is InChI=1S/C10H6ClNO2/c11-10(14)8-4-6(13)5-9-7(8)2-1-3-12-9/h1-5,13H. The summed E-state index contributed by atoms with van der Waals surface area (Å²) in [4.78, 5) is 15.1. The highest BCUT2D eigenvalue weighted by Gasteiger charge is 2.09. The second-order valence-corrected chi connectivity index (χ2v) is 3.18. The molecular weight excluding hydrogens is 202 g/mol. The highest BCUT2D eigenvalue weighted by atomic mass is 35.5. The third-order valence-electron chi connectivity index (χ3n) is 1.92. The van der Waals surface area contributed by atoms with Crippen LogP contribution in [0.15, 0.2) is 30.5 Å². The molecule has 0 aliphatic rings. The number of pyridine rings is 1. The zero-order valence-electron chi connectivity index (χ0n) is 7.07. The van der Waals surface area contributed by atoms with Gasteiger partial charge in [-0.1, -0.05) is 6.07 Å². The Morgan fingerprint density at radius 2 is 2.21 bits per heavy atom. The number of rotatable bonds is 1. The van der Waals surface area contributed by atoms with E-state index in [4.69, 9.17) is 11.6 Å². The topological polar surface area (TPSA) is 50.2 Å². The number of phenolic OH excluding ortho intramolecular Hbond substituents is 1. The molecule has 3 nitrogen and oxygen atoms in total. The Kier molecular flexibility index (Phi) is 2.09. The Bertz CT molecular complexity index is 510. The summed E-state index contributed by atoms with van der Waals surface area (Å²) in [6, 6.07) is 6.26. The molecule has 70 valence electrons. The van der Waals surface area contributed by atoms with Gasteiger partial charge in [-0.05, 0) is 23.7 Å². The normalized spacial score (nSPS) is 10.4. The van der Waals surface area contributed by atoms with Crippen LogP contribution in [0.25, 0.3) is 10.9 Å². The molecule has 2 aromatic rings. The van der Waals surface area contributed by atoms with Gasteiger partial charge in [0.05, 0.1) is 5.52 Å². The number of nitrogens with zero attached hydrogens (tertiary/aromatic N) is 1. The van der Waals surface area contributed by atoms with Gasteiger partial charge in [0, 0.05) is 23.2 Å². The molecule has 0 saturated carbocycles. The molecule has 0 unspecified atom stereocenters. The number of benzene rings is 1. The van der Waals surface area contributed by atoms with Gasteiger partial charge >= 0.3 is 0 Å². The van der Waals surface area contributed by atoms with Crippen LogP contribution >= 0.6 is 11.6 Å². The average Bonchev–Trinajstić information content (AvgIpc) is 2.16. The van der Waals surface area contributed by atoms with E-state index in [9.17, 15) is 9.90 Å². The van der Waals surface area contributed by atoms with Crippen molar-refractivity contribution >= 4 is 27.7 Å². The number of aromatic hydroxyl groups is 1. The molecule has 0 aliphatic carbocycles. The molecule has 0 aliphatic heterocycles. The summed E-state index contributed by atoms with van der Waals surface area (Å²) in [6.07, 6.45) is 1.59. The first kappa shape index (κ1) is 8.97. The van der Waals surface area contributed by atoms with Crippen LogP contribution in [0.5, 0.6) is 5.75 Å². The summed E-state index contributed by atoms with van der Waals surface area (Å²) in [5, 5.41) is 9.35. The number of halogens is 1. The molecule has 1 aromatic carbocycles. The lowest BCUT2D eigenvalue weighted by molar-refractivity contribution is 0.108.